The number of methoxy groups -OCH3 is 1. The number of likely N-dealkylation sites (tertiary alicyclic amines) is 1. The Balaban J connectivity index is 1.37. The SMILES string of the molecule is COc1ccc(CCC2CCN(C(=O)CCNS(=O)(=O)c3ccc(C)cc3)CC2)cc1. The van der Waals surface area contributed by atoms with Crippen LogP contribution in [-0.4, -0.2) is 46.0 Å². The van der Waals surface area contributed by atoms with E-state index < -0.39 is 10.0 Å². The van der Waals surface area contributed by atoms with Crippen LogP contribution in [0.25, 0.3) is 0 Å². The molecule has 1 N–H and O–H groups in total. The van der Waals surface area contributed by atoms with E-state index >= 15 is 0 Å². The molecule has 0 bridgehead atoms. The van der Waals surface area contributed by atoms with E-state index in [4.69, 9.17) is 4.74 Å². The van der Waals surface area contributed by atoms with Crippen molar-refractivity contribution >= 4 is 15.9 Å². The zero-order valence-corrected chi connectivity index (χ0v) is 19.2. The monoisotopic (exact) mass is 444 g/mol. The maximum absolute atomic E-state index is 12.5. The highest BCUT2D eigenvalue weighted by atomic mass is 32.2. The van der Waals surface area contributed by atoms with Gasteiger partial charge in [-0.15, -0.1) is 0 Å². The molecule has 6 nitrogen and oxygen atoms in total. The third-order valence-corrected chi connectivity index (χ3v) is 7.41. The number of sulfonamides is 1. The Hall–Kier alpha value is -2.38. The molecule has 2 aromatic carbocycles. The number of benzene rings is 2. The summed E-state index contributed by atoms with van der Waals surface area (Å²) in [5.74, 6) is 1.50. The van der Waals surface area contributed by atoms with Crippen LogP contribution in [0.15, 0.2) is 53.4 Å². The minimum absolute atomic E-state index is 0.0141. The Labute approximate surface area is 185 Å². The van der Waals surface area contributed by atoms with E-state index in [1.165, 1.54) is 5.56 Å². The number of piperidine rings is 1. The molecule has 0 saturated carbocycles. The largest absolute Gasteiger partial charge is 0.497 e. The summed E-state index contributed by atoms with van der Waals surface area (Å²) in [6.07, 6.45) is 4.32. The van der Waals surface area contributed by atoms with E-state index in [9.17, 15) is 13.2 Å². The average molecular weight is 445 g/mol. The number of nitrogens with one attached hydrogen (secondary N) is 1. The van der Waals surface area contributed by atoms with Crippen LogP contribution >= 0.6 is 0 Å². The van der Waals surface area contributed by atoms with Gasteiger partial charge in [0.15, 0.2) is 0 Å². The number of rotatable bonds is 9. The van der Waals surface area contributed by atoms with E-state index in [1.54, 1.807) is 31.4 Å². The molecule has 3 rings (SSSR count). The van der Waals surface area contributed by atoms with E-state index in [-0.39, 0.29) is 23.8 Å². The van der Waals surface area contributed by atoms with Crippen LogP contribution in [0.1, 0.15) is 36.8 Å². The Morgan fingerprint density at radius 1 is 1.06 bits per heavy atom. The van der Waals surface area contributed by atoms with Gasteiger partial charge in [-0.05, 0) is 68.4 Å². The molecule has 7 heteroatoms. The zero-order chi connectivity index (χ0) is 22.3. The van der Waals surface area contributed by atoms with Crippen molar-refractivity contribution < 1.29 is 17.9 Å². The number of ether oxygens (including phenoxy) is 1. The van der Waals surface area contributed by atoms with Crippen molar-refractivity contribution in [3.63, 3.8) is 0 Å². The van der Waals surface area contributed by atoms with Crippen molar-refractivity contribution in [2.45, 2.75) is 43.9 Å². The molecule has 31 heavy (non-hydrogen) atoms. The van der Waals surface area contributed by atoms with Crippen LogP contribution in [0.3, 0.4) is 0 Å². The minimum atomic E-state index is -3.58. The molecule has 0 radical (unpaired) electrons. The zero-order valence-electron chi connectivity index (χ0n) is 18.3. The van der Waals surface area contributed by atoms with Crippen LogP contribution in [0.5, 0.6) is 5.75 Å². The third kappa shape index (κ3) is 6.80. The fourth-order valence-corrected chi connectivity index (χ4v) is 4.92. The molecule has 0 unspecified atom stereocenters. The summed E-state index contributed by atoms with van der Waals surface area (Å²) in [5, 5.41) is 0. The number of amides is 1. The highest BCUT2D eigenvalue weighted by Gasteiger charge is 2.23. The van der Waals surface area contributed by atoms with Crippen molar-refractivity contribution in [2.24, 2.45) is 5.92 Å². The number of carbonyl (C=O) groups is 1. The van der Waals surface area contributed by atoms with Gasteiger partial charge in [-0.3, -0.25) is 4.79 Å². The number of hydrogen-bond acceptors (Lipinski definition) is 4. The molecule has 1 heterocycles. The molecule has 1 saturated heterocycles. The Morgan fingerprint density at radius 3 is 2.32 bits per heavy atom. The van der Waals surface area contributed by atoms with Gasteiger partial charge >= 0.3 is 0 Å². The molecule has 2 aromatic rings. The summed E-state index contributed by atoms with van der Waals surface area (Å²) in [5.41, 5.74) is 2.31. The van der Waals surface area contributed by atoms with Gasteiger partial charge in [-0.2, -0.15) is 0 Å². The number of carbonyl (C=O) groups excluding carboxylic acids is 1. The van der Waals surface area contributed by atoms with Gasteiger partial charge in [0.2, 0.25) is 15.9 Å². The molecule has 0 aromatic heterocycles. The molecule has 168 valence electrons. The maximum Gasteiger partial charge on any atom is 0.240 e. The molecule has 0 aliphatic carbocycles. The van der Waals surface area contributed by atoms with Gasteiger partial charge in [0.1, 0.15) is 5.75 Å². The lowest BCUT2D eigenvalue weighted by Crippen LogP contribution is -2.40. The van der Waals surface area contributed by atoms with Crippen LogP contribution in [0, 0.1) is 12.8 Å². The first kappa shape index (κ1) is 23.3. The Morgan fingerprint density at radius 2 is 1.71 bits per heavy atom. The van der Waals surface area contributed by atoms with Crippen LogP contribution < -0.4 is 9.46 Å². The summed E-state index contributed by atoms with van der Waals surface area (Å²) in [6, 6.07) is 14.9. The first-order valence-corrected chi connectivity index (χ1v) is 12.3. The number of hydrogen-bond donors (Lipinski definition) is 1. The van der Waals surface area contributed by atoms with Gasteiger partial charge < -0.3 is 9.64 Å². The lowest BCUT2D eigenvalue weighted by atomic mass is 9.90. The number of nitrogens with zero attached hydrogens (tertiary/aromatic N) is 1. The summed E-state index contributed by atoms with van der Waals surface area (Å²) in [4.78, 5) is 14.6. The van der Waals surface area contributed by atoms with Gasteiger partial charge in [0, 0.05) is 26.1 Å². The second kappa shape index (κ2) is 10.8. The first-order valence-electron chi connectivity index (χ1n) is 10.8. The topological polar surface area (TPSA) is 75.7 Å². The smallest absolute Gasteiger partial charge is 0.240 e. The van der Waals surface area contributed by atoms with Crippen molar-refractivity contribution in [1.29, 1.82) is 0 Å². The van der Waals surface area contributed by atoms with Crippen LogP contribution in [0.2, 0.25) is 0 Å². The minimum Gasteiger partial charge on any atom is -0.497 e. The van der Waals surface area contributed by atoms with Crippen molar-refractivity contribution in [2.75, 3.05) is 26.7 Å². The number of aryl methyl sites for hydroxylation is 2. The van der Waals surface area contributed by atoms with E-state index in [0.717, 1.165) is 50.1 Å². The molecule has 0 spiro atoms. The summed E-state index contributed by atoms with van der Waals surface area (Å²) in [7, 11) is -1.91. The molecular formula is C24H32N2O4S. The third-order valence-electron chi connectivity index (χ3n) is 5.93. The van der Waals surface area contributed by atoms with Gasteiger partial charge in [0.05, 0.1) is 12.0 Å². The molecule has 0 atom stereocenters. The first-order chi connectivity index (χ1) is 14.9. The summed E-state index contributed by atoms with van der Waals surface area (Å²) < 4.78 is 32.4. The average Bonchev–Trinajstić information content (AvgIpc) is 2.78. The second-order valence-electron chi connectivity index (χ2n) is 8.17. The normalized spacial score (nSPS) is 15.1. The van der Waals surface area contributed by atoms with Crippen LogP contribution in [0.4, 0.5) is 0 Å². The molecule has 1 amide bonds. The predicted octanol–water partition coefficient (Wildman–Crippen LogP) is 3.54. The van der Waals surface area contributed by atoms with Crippen LogP contribution in [-0.2, 0) is 21.2 Å². The second-order valence-corrected chi connectivity index (χ2v) is 9.94. The Bertz CT molecular complexity index is 948. The summed E-state index contributed by atoms with van der Waals surface area (Å²) in [6.45, 7) is 3.52. The van der Waals surface area contributed by atoms with Gasteiger partial charge in [-0.25, -0.2) is 13.1 Å². The van der Waals surface area contributed by atoms with Crippen molar-refractivity contribution in [3.05, 3.63) is 59.7 Å². The van der Waals surface area contributed by atoms with E-state index in [1.807, 2.05) is 24.0 Å². The molecule has 1 aliphatic heterocycles. The highest BCUT2D eigenvalue weighted by Crippen LogP contribution is 2.23. The van der Waals surface area contributed by atoms with E-state index in [2.05, 4.69) is 16.9 Å². The van der Waals surface area contributed by atoms with Gasteiger partial charge in [0.25, 0.3) is 0 Å². The predicted molar refractivity (Wildman–Crippen MR) is 122 cm³/mol. The molecule has 1 fully saturated rings. The molecule has 1 aliphatic rings. The fourth-order valence-electron chi connectivity index (χ4n) is 3.89. The molecular weight excluding hydrogens is 412 g/mol. The summed E-state index contributed by atoms with van der Waals surface area (Å²) >= 11 is 0. The standard InChI is InChI=1S/C24H32N2O4S/c1-19-3-11-23(12-4-19)31(28,29)25-16-13-24(27)26-17-14-21(15-18-26)6-5-20-7-9-22(30-2)10-8-20/h3-4,7-12,21,25H,5-6,13-18H2,1-2H3. The fraction of sp³-hybridized carbons (Fsp3) is 0.458. The van der Waals surface area contributed by atoms with Crippen molar-refractivity contribution in [3.8, 4) is 5.75 Å². The lowest BCUT2D eigenvalue weighted by Gasteiger charge is -2.32. The quantitative estimate of drug-likeness (QED) is 0.642. The maximum atomic E-state index is 12.5. The highest BCUT2D eigenvalue weighted by molar-refractivity contribution is 7.89. The van der Waals surface area contributed by atoms with E-state index in [0.29, 0.717) is 5.92 Å². The lowest BCUT2D eigenvalue weighted by molar-refractivity contribution is -0.132. The van der Waals surface area contributed by atoms with Crippen molar-refractivity contribution in [1.82, 2.24) is 9.62 Å². The Kier molecular flexibility index (Phi) is 8.09. The van der Waals surface area contributed by atoms with Gasteiger partial charge in [-0.1, -0.05) is 29.8 Å².